The van der Waals surface area contributed by atoms with Crippen molar-refractivity contribution in [1.29, 1.82) is 0 Å². The van der Waals surface area contributed by atoms with Crippen LogP contribution in [0.1, 0.15) is 44.0 Å². The third-order valence-electron chi connectivity index (χ3n) is 4.39. The summed E-state index contributed by atoms with van der Waals surface area (Å²) in [5.74, 6) is 0.868. The van der Waals surface area contributed by atoms with Crippen molar-refractivity contribution >= 4 is 17.4 Å². The smallest absolute Gasteiger partial charge is 0.224 e. The minimum atomic E-state index is 0.0353. The van der Waals surface area contributed by atoms with E-state index in [1.54, 1.807) is 0 Å². The number of amides is 1. The van der Waals surface area contributed by atoms with Gasteiger partial charge in [-0.2, -0.15) is 0 Å². The first-order chi connectivity index (χ1) is 12.9. The van der Waals surface area contributed by atoms with E-state index < -0.39 is 0 Å². The first kappa shape index (κ1) is 20.8. The van der Waals surface area contributed by atoms with Crippen LogP contribution in [0.5, 0.6) is 0 Å². The molecule has 2 N–H and O–H groups in total. The summed E-state index contributed by atoms with van der Waals surface area (Å²) in [5, 5.41) is 6.02. The lowest BCUT2D eigenvalue weighted by Gasteiger charge is -2.10. The predicted molar refractivity (Wildman–Crippen MR) is 112 cm³/mol. The lowest BCUT2D eigenvalue weighted by atomic mass is 9.97. The van der Waals surface area contributed by atoms with Crippen molar-refractivity contribution in [1.82, 2.24) is 5.32 Å². The molecule has 0 aliphatic carbocycles. The second kappa shape index (κ2) is 10.0. The average Bonchev–Trinajstić information content (AvgIpc) is 2.62. The van der Waals surface area contributed by atoms with Gasteiger partial charge in [-0.05, 0) is 48.7 Å². The molecule has 0 fully saturated rings. The molecule has 4 nitrogen and oxygen atoms in total. The van der Waals surface area contributed by atoms with E-state index >= 15 is 0 Å². The summed E-state index contributed by atoms with van der Waals surface area (Å²) in [7, 11) is 1.90. The minimum absolute atomic E-state index is 0.0353. The van der Waals surface area contributed by atoms with Crippen molar-refractivity contribution in [3.8, 4) is 11.1 Å². The normalized spacial score (nSPS) is 12.0. The van der Waals surface area contributed by atoms with Crippen LogP contribution in [0.25, 0.3) is 11.1 Å². The molecule has 0 saturated carbocycles. The Hall–Kier alpha value is -2.46. The SMILES string of the molecule is CNCC(C)CC(=O)c1ccc(-c2ccc(NC(=O)CC(C)C)cc2)cc1. The van der Waals surface area contributed by atoms with Crippen LogP contribution in [0, 0.1) is 11.8 Å². The summed E-state index contributed by atoms with van der Waals surface area (Å²) in [6.45, 7) is 6.96. The second-order valence-electron chi connectivity index (χ2n) is 7.59. The third kappa shape index (κ3) is 6.65. The number of benzene rings is 2. The van der Waals surface area contributed by atoms with E-state index in [-0.39, 0.29) is 11.7 Å². The van der Waals surface area contributed by atoms with Crippen molar-refractivity contribution in [3.05, 3.63) is 54.1 Å². The number of Topliss-reactive ketones (excluding diaryl/α,β-unsaturated/α-hetero) is 1. The average molecular weight is 367 g/mol. The summed E-state index contributed by atoms with van der Waals surface area (Å²) < 4.78 is 0. The van der Waals surface area contributed by atoms with Gasteiger partial charge in [0, 0.05) is 24.1 Å². The van der Waals surface area contributed by atoms with Crippen LogP contribution in [0.3, 0.4) is 0 Å². The van der Waals surface area contributed by atoms with Crippen LogP contribution in [0.4, 0.5) is 5.69 Å². The fraction of sp³-hybridized carbons (Fsp3) is 0.391. The summed E-state index contributed by atoms with van der Waals surface area (Å²) in [6.07, 6.45) is 1.06. The first-order valence-electron chi connectivity index (χ1n) is 9.57. The topological polar surface area (TPSA) is 58.2 Å². The van der Waals surface area contributed by atoms with E-state index in [0.717, 1.165) is 28.9 Å². The highest BCUT2D eigenvalue weighted by molar-refractivity contribution is 5.96. The van der Waals surface area contributed by atoms with Gasteiger partial charge in [0.25, 0.3) is 0 Å². The molecular weight excluding hydrogens is 336 g/mol. The maximum atomic E-state index is 12.3. The number of ketones is 1. The Morgan fingerprint density at radius 3 is 1.93 bits per heavy atom. The molecule has 1 atom stereocenters. The lowest BCUT2D eigenvalue weighted by Crippen LogP contribution is -2.19. The van der Waals surface area contributed by atoms with E-state index in [1.807, 2.05) is 69.4 Å². The number of carbonyl (C=O) groups excluding carboxylic acids is 2. The fourth-order valence-corrected chi connectivity index (χ4v) is 3.03. The van der Waals surface area contributed by atoms with Gasteiger partial charge in [0.05, 0.1) is 0 Å². The van der Waals surface area contributed by atoms with Crippen LogP contribution in [-0.4, -0.2) is 25.3 Å². The van der Waals surface area contributed by atoms with Crippen molar-refractivity contribution in [2.24, 2.45) is 11.8 Å². The van der Waals surface area contributed by atoms with E-state index in [9.17, 15) is 9.59 Å². The quantitative estimate of drug-likeness (QED) is 0.629. The van der Waals surface area contributed by atoms with E-state index in [0.29, 0.717) is 24.7 Å². The highest BCUT2D eigenvalue weighted by Crippen LogP contribution is 2.23. The molecule has 0 aliphatic rings. The molecule has 0 radical (unpaired) electrons. The van der Waals surface area contributed by atoms with Gasteiger partial charge >= 0.3 is 0 Å². The van der Waals surface area contributed by atoms with Crippen molar-refractivity contribution in [3.63, 3.8) is 0 Å². The largest absolute Gasteiger partial charge is 0.326 e. The van der Waals surface area contributed by atoms with E-state index in [1.165, 1.54) is 0 Å². The Kier molecular flexibility index (Phi) is 7.74. The molecule has 0 aliphatic heterocycles. The zero-order valence-electron chi connectivity index (χ0n) is 16.7. The molecule has 0 aromatic heterocycles. The molecule has 0 bridgehead atoms. The van der Waals surface area contributed by atoms with Crippen LogP contribution < -0.4 is 10.6 Å². The molecule has 27 heavy (non-hydrogen) atoms. The maximum Gasteiger partial charge on any atom is 0.224 e. The number of rotatable bonds is 9. The van der Waals surface area contributed by atoms with Crippen LogP contribution >= 0.6 is 0 Å². The van der Waals surface area contributed by atoms with E-state index in [4.69, 9.17) is 0 Å². The molecule has 0 spiro atoms. The van der Waals surface area contributed by atoms with Crippen LogP contribution in [0.2, 0.25) is 0 Å². The highest BCUT2D eigenvalue weighted by Gasteiger charge is 2.11. The van der Waals surface area contributed by atoms with Crippen molar-refractivity contribution in [2.75, 3.05) is 18.9 Å². The molecule has 1 unspecified atom stereocenters. The van der Waals surface area contributed by atoms with Gasteiger partial charge < -0.3 is 10.6 Å². The summed E-state index contributed by atoms with van der Waals surface area (Å²) >= 11 is 0. The molecule has 4 heteroatoms. The van der Waals surface area contributed by atoms with Crippen LogP contribution in [0.15, 0.2) is 48.5 Å². The summed E-state index contributed by atoms with van der Waals surface area (Å²) in [6, 6.07) is 15.5. The third-order valence-corrected chi connectivity index (χ3v) is 4.39. The van der Waals surface area contributed by atoms with Crippen molar-refractivity contribution in [2.45, 2.75) is 33.6 Å². The van der Waals surface area contributed by atoms with Gasteiger partial charge in [0.2, 0.25) is 5.91 Å². The molecule has 1 amide bonds. The Morgan fingerprint density at radius 2 is 1.41 bits per heavy atom. The first-order valence-corrected chi connectivity index (χ1v) is 9.57. The van der Waals surface area contributed by atoms with Gasteiger partial charge in [-0.15, -0.1) is 0 Å². The second-order valence-corrected chi connectivity index (χ2v) is 7.59. The standard InChI is InChI=1S/C23H30N2O2/c1-16(2)13-23(27)25-21-11-9-19(10-12-21)18-5-7-20(8-6-18)22(26)14-17(3)15-24-4/h5-12,16-17,24H,13-15H2,1-4H3,(H,25,27). The Labute approximate surface area is 162 Å². The number of hydrogen-bond acceptors (Lipinski definition) is 3. The van der Waals surface area contributed by atoms with E-state index in [2.05, 4.69) is 17.6 Å². The molecule has 2 aromatic carbocycles. The zero-order valence-corrected chi connectivity index (χ0v) is 16.7. The zero-order chi connectivity index (χ0) is 19.8. The van der Waals surface area contributed by atoms with Crippen molar-refractivity contribution < 1.29 is 9.59 Å². The molecule has 144 valence electrons. The van der Waals surface area contributed by atoms with Gasteiger partial charge in [-0.3, -0.25) is 9.59 Å². The number of carbonyl (C=O) groups is 2. The fourth-order valence-electron chi connectivity index (χ4n) is 3.03. The number of anilines is 1. The van der Waals surface area contributed by atoms with Gasteiger partial charge in [-0.1, -0.05) is 57.2 Å². The number of hydrogen-bond donors (Lipinski definition) is 2. The molecule has 2 aromatic rings. The van der Waals surface area contributed by atoms with Gasteiger partial charge in [0.1, 0.15) is 0 Å². The minimum Gasteiger partial charge on any atom is -0.326 e. The molecular formula is C23H30N2O2. The number of nitrogens with one attached hydrogen (secondary N) is 2. The monoisotopic (exact) mass is 366 g/mol. The molecule has 0 heterocycles. The Bertz CT molecular complexity index is 749. The molecule has 2 rings (SSSR count). The Morgan fingerprint density at radius 1 is 0.852 bits per heavy atom. The predicted octanol–water partition coefficient (Wildman–Crippen LogP) is 4.77. The summed E-state index contributed by atoms with van der Waals surface area (Å²) in [4.78, 5) is 24.2. The summed E-state index contributed by atoms with van der Waals surface area (Å²) in [5.41, 5.74) is 3.66. The molecule has 0 saturated heterocycles. The highest BCUT2D eigenvalue weighted by atomic mass is 16.1. The lowest BCUT2D eigenvalue weighted by molar-refractivity contribution is -0.116. The Balaban J connectivity index is 2.00. The van der Waals surface area contributed by atoms with Gasteiger partial charge in [-0.25, -0.2) is 0 Å². The van der Waals surface area contributed by atoms with Crippen LogP contribution in [-0.2, 0) is 4.79 Å². The maximum absolute atomic E-state index is 12.3. The van der Waals surface area contributed by atoms with Gasteiger partial charge in [0.15, 0.2) is 5.78 Å².